The number of carbonyl (C=O) groups is 1. The standard InChI is InChI=1S/C8H16N2O2/c1-10-5-8(4-9,6-10)3-7(11)12-2/h3-6,9H2,1-2H3. The van der Waals surface area contributed by atoms with Crippen LogP contribution in [0.15, 0.2) is 0 Å². The minimum absolute atomic E-state index is 0.0121. The molecule has 0 amide bonds. The lowest BCUT2D eigenvalue weighted by atomic mass is 9.77. The first-order chi connectivity index (χ1) is 5.62. The fraction of sp³-hybridized carbons (Fsp3) is 0.875. The zero-order chi connectivity index (χ0) is 9.19. The Morgan fingerprint density at radius 3 is 2.58 bits per heavy atom. The lowest BCUT2D eigenvalue weighted by Crippen LogP contribution is -2.58. The van der Waals surface area contributed by atoms with Gasteiger partial charge in [-0.15, -0.1) is 0 Å². The Balaban J connectivity index is 2.42. The molecule has 0 saturated carbocycles. The smallest absolute Gasteiger partial charge is 0.306 e. The van der Waals surface area contributed by atoms with E-state index in [9.17, 15) is 4.79 Å². The van der Waals surface area contributed by atoms with Crippen molar-refractivity contribution < 1.29 is 9.53 Å². The number of hydrogen-bond acceptors (Lipinski definition) is 4. The highest BCUT2D eigenvalue weighted by molar-refractivity contribution is 5.70. The summed E-state index contributed by atoms with van der Waals surface area (Å²) in [6, 6.07) is 0. The maximum absolute atomic E-state index is 11.0. The highest BCUT2D eigenvalue weighted by Gasteiger charge is 2.41. The van der Waals surface area contributed by atoms with Gasteiger partial charge in [0.2, 0.25) is 0 Å². The number of ether oxygens (including phenoxy) is 1. The number of esters is 1. The van der Waals surface area contributed by atoms with E-state index in [1.807, 2.05) is 7.05 Å². The number of hydrogen-bond donors (Lipinski definition) is 1. The molecule has 4 nitrogen and oxygen atoms in total. The number of nitrogens with zero attached hydrogens (tertiary/aromatic N) is 1. The highest BCUT2D eigenvalue weighted by Crippen LogP contribution is 2.31. The second kappa shape index (κ2) is 3.41. The van der Waals surface area contributed by atoms with Gasteiger partial charge in [-0.25, -0.2) is 0 Å². The molecule has 0 radical (unpaired) electrons. The summed E-state index contributed by atoms with van der Waals surface area (Å²) in [5.74, 6) is -0.159. The molecule has 1 fully saturated rings. The SMILES string of the molecule is COC(=O)CC1(CN)CN(C)C1. The van der Waals surface area contributed by atoms with E-state index in [1.54, 1.807) is 0 Å². The van der Waals surface area contributed by atoms with Crippen LogP contribution in [0.4, 0.5) is 0 Å². The fourth-order valence-corrected chi connectivity index (χ4v) is 1.79. The van der Waals surface area contributed by atoms with Gasteiger partial charge in [0.25, 0.3) is 0 Å². The first kappa shape index (κ1) is 9.48. The normalized spacial score (nSPS) is 21.6. The summed E-state index contributed by atoms with van der Waals surface area (Å²) in [6.07, 6.45) is 0.449. The second-order valence-corrected chi connectivity index (χ2v) is 3.63. The largest absolute Gasteiger partial charge is 0.469 e. The lowest BCUT2D eigenvalue weighted by molar-refractivity contribution is -0.146. The Bertz CT molecular complexity index is 176. The maximum Gasteiger partial charge on any atom is 0.306 e. The molecular formula is C8H16N2O2. The minimum atomic E-state index is -0.159. The molecule has 0 aliphatic carbocycles. The summed E-state index contributed by atoms with van der Waals surface area (Å²) in [5, 5.41) is 0. The highest BCUT2D eigenvalue weighted by atomic mass is 16.5. The number of carbonyl (C=O) groups excluding carboxylic acids is 1. The third-order valence-corrected chi connectivity index (χ3v) is 2.39. The Hall–Kier alpha value is -0.610. The van der Waals surface area contributed by atoms with Gasteiger partial charge in [0.05, 0.1) is 13.5 Å². The topological polar surface area (TPSA) is 55.6 Å². The van der Waals surface area contributed by atoms with E-state index in [1.165, 1.54) is 7.11 Å². The van der Waals surface area contributed by atoms with Gasteiger partial charge in [0, 0.05) is 25.0 Å². The van der Waals surface area contributed by atoms with E-state index >= 15 is 0 Å². The number of nitrogens with two attached hydrogens (primary N) is 1. The van der Waals surface area contributed by atoms with Crippen LogP contribution in [0.2, 0.25) is 0 Å². The van der Waals surface area contributed by atoms with Crippen molar-refractivity contribution >= 4 is 5.97 Å². The first-order valence-corrected chi connectivity index (χ1v) is 4.07. The van der Waals surface area contributed by atoms with Gasteiger partial charge < -0.3 is 15.4 Å². The van der Waals surface area contributed by atoms with Crippen molar-refractivity contribution in [2.75, 3.05) is 33.8 Å². The van der Waals surface area contributed by atoms with Crippen molar-refractivity contribution in [2.24, 2.45) is 11.1 Å². The van der Waals surface area contributed by atoms with Crippen molar-refractivity contribution in [2.45, 2.75) is 6.42 Å². The summed E-state index contributed by atoms with van der Waals surface area (Å²) in [5.41, 5.74) is 5.59. The van der Waals surface area contributed by atoms with E-state index in [4.69, 9.17) is 5.73 Å². The molecule has 0 aromatic heterocycles. The molecule has 0 unspecified atom stereocenters. The molecule has 0 aromatic rings. The van der Waals surface area contributed by atoms with Crippen LogP contribution >= 0.6 is 0 Å². The van der Waals surface area contributed by atoms with E-state index in [0.29, 0.717) is 13.0 Å². The molecule has 0 bridgehead atoms. The number of likely N-dealkylation sites (tertiary alicyclic amines) is 1. The van der Waals surface area contributed by atoms with Crippen molar-refractivity contribution in [1.29, 1.82) is 0 Å². The molecule has 0 aromatic carbocycles. The van der Waals surface area contributed by atoms with Crippen molar-refractivity contribution in [1.82, 2.24) is 4.90 Å². The van der Waals surface area contributed by atoms with Gasteiger partial charge in [-0.1, -0.05) is 0 Å². The molecule has 0 spiro atoms. The zero-order valence-electron chi connectivity index (χ0n) is 7.67. The van der Waals surface area contributed by atoms with Crippen LogP contribution in [0.25, 0.3) is 0 Å². The Kier molecular flexibility index (Phi) is 2.69. The van der Waals surface area contributed by atoms with Crippen LogP contribution in [0, 0.1) is 5.41 Å². The number of rotatable bonds is 3. The predicted molar refractivity (Wildman–Crippen MR) is 45.6 cm³/mol. The van der Waals surface area contributed by atoms with E-state index in [-0.39, 0.29) is 11.4 Å². The molecule has 70 valence electrons. The maximum atomic E-state index is 11.0. The van der Waals surface area contributed by atoms with Gasteiger partial charge in [-0.3, -0.25) is 4.79 Å². The summed E-state index contributed by atoms with van der Waals surface area (Å²) in [6.45, 7) is 2.36. The van der Waals surface area contributed by atoms with Crippen molar-refractivity contribution in [3.05, 3.63) is 0 Å². The van der Waals surface area contributed by atoms with Crippen LogP contribution in [0.1, 0.15) is 6.42 Å². The van der Waals surface area contributed by atoms with Gasteiger partial charge in [0.15, 0.2) is 0 Å². The molecule has 2 N–H and O–H groups in total. The van der Waals surface area contributed by atoms with Crippen LogP contribution < -0.4 is 5.73 Å². The van der Waals surface area contributed by atoms with Crippen LogP contribution in [-0.2, 0) is 9.53 Å². The third-order valence-electron chi connectivity index (χ3n) is 2.39. The summed E-state index contributed by atoms with van der Waals surface area (Å²) in [7, 11) is 3.43. The quantitative estimate of drug-likeness (QED) is 0.580. The van der Waals surface area contributed by atoms with Gasteiger partial charge in [-0.2, -0.15) is 0 Å². The zero-order valence-corrected chi connectivity index (χ0v) is 7.67. The second-order valence-electron chi connectivity index (χ2n) is 3.63. The summed E-state index contributed by atoms with van der Waals surface area (Å²) >= 11 is 0. The lowest BCUT2D eigenvalue weighted by Gasteiger charge is -2.47. The van der Waals surface area contributed by atoms with Crippen LogP contribution in [0.5, 0.6) is 0 Å². The first-order valence-electron chi connectivity index (χ1n) is 4.07. The molecule has 0 atom stereocenters. The van der Waals surface area contributed by atoms with E-state index in [0.717, 1.165) is 13.1 Å². The van der Waals surface area contributed by atoms with Crippen molar-refractivity contribution in [3.8, 4) is 0 Å². The molecule has 1 heterocycles. The Morgan fingerprint density at radius 2 is 2.25 bits per heavy atom. The van der Waals surface area contributed by atoms with Gasteiger partial charge in [0.1, 0.15) is 0 Å². The Labute approximate surface area is 72.7 Å². The molecule has 1 rings (SSSR count). The van der Waals surface area contributed by atoms with Crippen LogP contribution in [0.3, 0.4) is 0 Å². The molecular weight excluding hydrogens is 156 g/mol. The predicted octanol–water partition coefficient (Wildman–Crippen LogP) is -0.560. The molecule has 1 aliphatic heterocycles. The molecule has 12 heavy (non-hydrogen) atoms. The third kappa shape index (κ3) is 1.76. The molecule has 1 saturated heterocycles. The van der Waals surface area contributed by atoms with Gasteiger partial charge >= 0.3 is 5.97 Å². The van der Waals surface area contributed by atoms with E-state index in [2.05, 4.69) is 9.64 Å². The van der Waals surface area contributed by atoms with Crippen LogP contribution in [-0.4, -0.2) is 44.7 Å². The Morgan fingerprint density at radius 1 is 1.67 bits per heavy atom. The monoisotopic (exact) mass is 172 g/mol. The number of methoxy groups -OCH3 is 1. The minimum Gasteiger partial charge on any atom is -0.469 e. The van der Waals surface area contributed by atoms with Gasteiger partial charge in [-0.05, 0) is 7.05 Å². The average Bonchev–Trinajstić information content (AvgIpc) is 2.01. The van der Waals surface area contributed by atoms with Crippen molar-refractivity contribution in [3.63, 3.8) is 0 Å². The molecule has 1 aliphatic rings. The summed E-state index contributed by atoms with van der Waals surface area (Å²) in [4.78, 5) is 13.1. The average molecular weight is 172 g/mol. The molecule has 4 heteroatoms. The fourth-order valence-electron chi connectivity index (χ4n) is 1.79. The summed E-state index contributed by atoms with van der Waals surface area (Å²) < 4.78 is 4.61. The van der Waals surface area contributed by atoms with E-state index < -0.39 is 0 Å².